The van der Waals surface area contributed by atoms with E-state index in [9.17, 15) is 4.79 Å². The molecule has 0 saturated heterocycles. The number of carbonyl (C=O) groups is 1. The van der Waals surface area contributed by atoms with Crippen molar-refractivity contribution in [3.63, 3.8) is 0 Å². The van der Waals surface area contributed by atoms with Gasteiger partial charge in [-0.25, -0.2) is 4.98 Å². The van der Waals surface area contributed by atoms with E-state index in [2.05, 4.69) is 20.3 Å². The van der Waals surface area contributed by atoms with Gasteiger partial charge in [0.05, 0.1) is 6.20 Å². The van der Waals surface area contributed by atoms with Crippen molar-refractivity contribution in [3.05, 3.63) is 103 Å². The second-order valence-electron chi connectivity index (χ2n) is 6.26. The average Bonchev–Trinajstić information content (AvgIpc) is 2.80. The molecule has 0 aliphatic carbocycles. The molecule has 7 nitrogen and oxygen atoms in total. The number of benzene rings is 1. The first kappa shape index (κ1) is 19.1. The topological polar surface area (TPSA) is 86.2 Å². The van der Waals surface area contributed by atoms with Crippen LogP contribution in [-0.4, -0.2) is 20.9 Å². The summed E-state index contributed by atoms with van der Waals surface area (Å²) in [5.41, 5.74) is 1.44. The Hall–Kier alpha value is -4.26. The highest BCUT2D eigenvalue weighted by Gasteiger charge is 2.12. The number of carbonyl (C=O) groups excluding carboxylic acids is 1. The van der Waals surface area contributed by atoms with Gasteiger partial charge in [-0.15, -0.1) is 0 Å². The molecule has 0 spiro atoms. The predicted molar refractivity (Wildman–Crippen MR) is 112 cm³/mol. The Kier molecular flexibility index (Phi) is 5.91. The Morgan fingerprint density at radius 1 is 0.833 bits per heavy atom. The number of hydrogen-bond donors (Lipinski definition) is 1. The van der Waals surface area contributed by atoms with Gasteiger partial charge in [-0.1, -0.05) is 0 Å². The van der Waals surface area contributed by atoms with Crippen molar-refractivity contribution >= 4 is 11.7 Å². The molecule has 3 aromatic heterocycles. The number of aromatic nitrogens is 3. The van der Waals surface area contributed by atoms with Crippen LogP contribution in [0.3, 0.4) is 0 Å². The first-order chi connectivity index (χ1) is 14.8. The van der Waals surface area contributed by atoms with E-state index in [0.717, 1.165) is 5.56 Å². The maximum absolute atomic E-state index is 12.6. The van der Waals surface area contributed by atoms with Crippen molar-refractivity contribution in [2.24, 2.45) is 0 Å². The number of nitrogens with zero attached hydrogens (tertiary/aromatic N) is 3. The summed E-state index contributed by atoms with van der Waals surface area (Å²) >= 11 is 0. The van der Waals surface area contributed by atoms with E-state index in [-0.39, 0.29) is 5.91 Å². The maximum Gasteiger partial charge on any atom is 0.256 e. The smallest absolute Gasteiger partial charge is 0.256 e. The van der Waals surface area contributed by atoms with Crippen LogP contribution in [0.4, 0.5) is 5.82 Å². The van der Waals surface area contributed by atoms with E-state index in [1.165, 1.54) is 0 Å². The number of pyridine rings is 3. The van der Waals surface area contributed by atoms with Crippen molar-refractivity contribution in [2.45, 2.75) is 6.61 Å². The monoisotopic (exact) mass is 398 g/mol. The molecule has 4 aromatic rings. The third kappa shape index (κ3) is 4.96. The second-order valence-corrected chi connectivity index (χ2v) is 6.26. The number of anilines is 1. The lowest BCUT2D eigenvalue weighted by molar-refractivity contribution is 0.102. The van der Waals surface area contributed by atoms with Crippen molar-refractivity contribution in [3.8, 4) is 17.2 Å². The Bertz CT molecular complexity index is 1100. The van der Waals surface area contributed by atoms with Gasteiger partial charge in [0.2, 0.25) is 0 Å². The fourth-order valence-corrected chi connectivity index (χ4v) is 2.64. The molecule has 0 fully saturated rings. The number of amides is 1. The van der Waals surface area contributed by atoms with Crippen molar-refractivity contribution in [1.82, 2.24) is 15.0 Å². The van der Waals surface area contributed by atoms with E-state index in [4.69, 9.17) is 9.47 Å². The van der Waals surface area contributed by atoms with Gasteiger partial charge in [0.1, 0.15) is 18.1 Å². The van der Waals surface area contributed by atoms with Crippen molar-refractivity contribution in [1.29, 1.82) is 0 Å². The summed E-state index contributed by atoms with van der Waals surface area (Å²) in [7, 11) is 0. The van der Waals surface area contributed by atoms with Gasteiger partial charge in [-0.2, -0.15) is 0 Å². The molecule has 4 rings (SSSR count). The number of nitrogens with one attached hydrogen (secondary N) is 1. The Morgan fingerprint density at radius 3 is 2.40 bits per heavy atom. The summed E-state index contributed by atoms with van der Waals surface area (Å²) in [6.07, 6.45) is 8.29. The molecule has 0 bridgehead atoms. The van der Waals surface area contributed by atoms with Crippen molar-refractivity contribution < 1.29 is 14.3 Å². The summed E-state index contributed by atoms with van der Waals surface area (Å²) in [6, 6.07) is 17.6. The predicted octanol–water partition coefficient (Wildman–Crippen LogP) is 4.50. The zero-order valence-corrected chi connectivity index (χ0v) is 15.9. The summed E-state index contributed by atoms with van der Waals surface area (Å²) in [4.78, 5) is 24.9. The first-order valence-corrected chi connectivity index (χ1v) is 9.24. The second kappa shape index (κ2) is 9.29. The lowest BCUT2D eigenvalue weighted by atomic mass is 10.2. The van der Waals surface area contributed by atoms with Gasteiger partial charge in [-0.3, -0.25) is 14.8 Å². The van der Waals surface area contributed by atoms with Gasteiger partial charge in [0.25, 0.3) is 5.91 Å². The van der Waals surface area contributed by atoms with Gasteiger partial charge in [0.15, 0.2) is 11.6 Å². The number of hydrogen-bond acceptors (Lipinski definition) is 6. The zero-order valence-electron chi connectivity index (χ0n) is 15.9. The fourth-order valence-electron chi connectivity index (χ4n) is 2.64. The molecular weight excluding hydrogens is 380 g/mol. The summed E-state index contributed by atoms with van der Waals surface area (Å²) < 4.78 is 11.5. The summed E-state index contributed by atoms with van der Waals surface area (Å²) in [5.74, 6) is 1.78. The molecule has 0 unspecified atom stereocenters. The summed E-state index contributed by atoms with van der Waals surface area (Å²) in [6.45, 7) is 0.345. The minimum absolute atomic E-state index is 0.296. The van der Waals surface area contributed by atoms with Gasteiger partial charge in [0, 0.05) is 30.4 Å². The molecule has 7 heteroatoms. The molecule has 3 heterocycles. The van der Waals surface area contributed by atoms with Crippen LogP contribution in [0.25, 0.3) is 0 Å². The molecule has 30 heavy (non-hydrogen) atoms. The third-order valence-electron chi connectivity index (χ3n) is 4.13. The molecule has 148 valence electrons. The zero-order chi connectivity index (χ0) is 20.6. The fraction of sp³-hybridized carbons (Fsp3) is 0.0435. The standard InChI is InChI=1S/C23H18N4O3/c28-23(18-5-7-19(8-6-18)30-20-3-1-11-25-15-20)27-22-21(4-2-12-26-22)29-16-17-9-13-24-14-10-17/h1-15H,16H2,(H,26,27,28). The van der Waals surface area contributed by atoms with Crippen molar-refractivity contribution in [2.75, 3.05) is 5.32 Å². The quantitative estimate of drug-likeness (QED) is 0.493. The van der Waals surface area contributed by atoms with E-state index in [1.807, 2.05) is 18.2 Å². The Balaban J connectivity index is 1.41. The van der Waals surface area contributed by atoms with E-state index >= 15 is 0 Å². The molecule has 1 aromatic carbocycles. The molecular formula is C23H18N4O3. The highest BCUT2D eigenvalue weighted by Crippen LogP contribution is 2.24. The van der Waals surface area contributed by atoms with Gasteiger partial charge >= 0.3 is 0 Å². The molecule has 0 aliphatic rings. The van der Waals surface area contributed by atoms with Gasteiger partial charge < -0.3 is 14.8 Å². The minimum Gasteiger partial charge on any atom is -0.485 e. The summed E-state index contributed by atoms with van der Waals surface area (Å²) in [5, 5.41) is 2.79. The van der Waals surface area contributed by atoms with Crippen LogP contribution in [0.5, 0.6) is 17.2 Å². The van der Waals surface area contributed by atoms with Crippen LogP contribution in [0.1, 0.15) is 15.9 Å². The highest BCUT2D eigenvalue weighted by atomic mass is 16.5. The van der Waals surface area contributed by atoms with Crippen LogP contribution in [-0.2, 0) is 6.61 Å². The molecule has 1 amide bonds. The first-order valence-electron chi connectivity index (χ1n) is 9.24. The van der Waals surface area contributed by atoms with E-state index < -0.39 is 0 Å². The van der Waals surface area contributed by atoms with Crippen LogP contribution < -0.4 is 14.8 Å². The largest absolute Gasteiger partial charge is 0.485 e. The van der Waals surface area contributed by atoms with Crippen LogP contribution in [0.15, 0.2) is 91.6 Å². The number of rotatable bonds is 7. The molecule has 0 aliphatic heterocycles. The minimum atomic E-state index is -0.296. The Morgan fingerprint density at radius 2 is 1.63 bits per heavy atom. The average molecular weight is 398 g/mol. The third-order valence-corrected chi connectivity index (χ3v) is 4.13. The highest BCUT2D eigenvalue weighted by molar-refractivity contribution is 6.04. The van der Waals surface area contributed by atoms with Crippen LogP contribution in [0.2, 0.25) is 0 Å². The molecule has 0 saturated carbocycles. The lowest BCUT2D eigenvalue weighted by Crippen LogP contribution is -2.14. The van der Waals surface area contributed by atoms with E-state index in [1.54, 1.807) is 73.4 Å². The van der Waals surface area contributed by atoms with Crippen LogP contribution >= 0.6 is 0 Å². The van der Waals surface area contributed by atoms with Crippen LogP contribution in [0, 0.1) is 0 Å². The van der Waals surface area contributed by atoms with E-state index in [0.29, 0.717) is 35.2 Å². The molecule has 0 radical (unpaired) electrons. The Labute approximate surface area is 173 Å². The SMILES string of the molecule is O=C(Nc1ncccc1OCc1ccncc1)c1ccc(Oc2cccnc2)cc1. The lowest BCUT2D eigenvalue weighted by Gasteiger charge is -2.12. The van der Waals surface area contributed by atoms with Gasteiger partial charge in [-0.05, 0) is 66.2 Å². The maximum atomic E-state index is 12.6. The molecule has 0 atom stereocenters. The number of ether oxygens (including phenoxy) is 2. The normalized spacial score (nSPS) is 10.3. The molecule has 1 N–H and O–H groups in total.